The molecule has 0 N–H and O–H groups in total. The topological polar surface area (TPSA) is 46.4 Å². The lowest BCUT2D eigenvalue weighted by Gasteiger charge is -2.27. The van der Waals surface area contributed by atoms with Gasteiger partial charge in [0.15, 0.2) is 0 Å². The number of hydrogen-bond acceptors (Lipinski definition) is 5. The Morgan fingerprint density at radius 2 is 1.76 bits per heavy atom. The van der Waals surface area contributed by atoms with E-state index in [1.165, 1.54) is 4.85 Å². The van der Waals surface area contributed by atoms with Gasteiger partial charge in [-0.05, 0) is 45.5 Å². The minimum absolute atomic E-state index is 0.833. The summed E-state index contributed by atoms with van der Waals surface area (Å²) in [7, 11) is 7.03. The van der Waals surface area contributed by atoms with Gasteiger partial charge in [0.05, 0.1) is 0 Å². The molecule has 0 aliphatic rings. The second kappa shape index (κ2) is 4.96. The molecule has 17 heavy (non-hydrogen) atoms. The molecule has 7 heteroatoms. The van der Waals surface area contributed by atoms with E-state index in [0.717, 1.165) is 11.0 Å². The highest BCUT2D eigenvalue weighted by molar-refractivity contribution is 7.47. The second-order valence-corrected chi connectivity index (χ2v) is 6.25. The predicted octanol–water partition coefficient (Wildman–Crippen LogP) is 1.21. The first-order valence-electron chi connectivity index (χ1n) is 5.23. The molecule has 1 aromatic carbocycles. The van der Waals surface area contributed by atoms with Crippen LogP contribution < -0.4 is 4.62 Å². The predicted molar refractivity (Wildman–Crippen MR) is 68.4 cm³/mol. The van der Waals surface area contributed by atoms with Gasteiger partial charge in [-0.2, -0.15) is 0 Å². The molecule has 0 radical (unpaired) electrons. The highest BCUT2D eigenvalue weighted by Crippen LogP contribution is 2.37. The standard InChI is InChI=1S/C10H16N5OP/c1-13(2)17(14(3)4)16-15-10-8-6-5-7-9(10)11-12-15/h5-8H,1-4H3. The van der Waals surface area contributed by atoms with Crippen molar-refractivity contribution in [3.63, 3.8) is 0 Å². The maximum absolute atomic E-state index is 5.85. The van der Waals surface area contributed by atoms with E-state index in [1.807, 2.05) is 61.8 Å². The van der Waals surface area contributed by atoms with E-state index in [0.29, 0.717) is 0 Å². The van der Waals surface area contributed by atoms with Crippen molar-refractivity contribution in [3.8, 4) is 0 Å². The molecule has 0 saturated carbocycles. The molecule has 0 unspecified atom stereocenters. The molecule has 6 nitrogen and oxygen atoms in total. The van der Waals surface area contributed by atoms with Gasteiger partial charge in [-0.3, -0.25) is 0 Å². The van der Waals surface area contributed by atoms with Crippen LogP contribution >= 0.6 is 8.45 Å². The molecule has 2 rings (SSSR count). The van der Waals surface area contributed by atoms with Gasteiger partial charge in [-0.25, -0.2) is 9.34 Å². The van der Waals surface area contributed by atoms with Crippen LogP contribution in [0.1, 0.15) is 0 Å². The maximum atomic E-state index is 5.85. The number of aromatic nitrogens is 3. The minimum Gasteiger partial charge on any atom is -0.342 e. The van der Waals surface area contributed by atoms with Gasteiger partial charge in [0, 0.05) is 0 Å². The van der Waals surface area contributed by atoms with E-state index in [4.69, 9.17) is 4.62 Å². The van der Waals surface area contributed by atoms with Crippen LogP contribution in [0, 0.1) is 0 Å². The number of nitrogens with zero attached hydrogens (tertiary/aromatic N) is 5. The Kier molecular flexibility index (Phi) is 3.57. The van der Waals surface area contributed by atoms with Crippen molar-refractivity contribution < 1.29 is 4.62 Å². The van der Waals surface area contributed by atoms with Crippen LogP contribution in [0.15, 0.2) is 24.3 Å². The van der Waals surface area contributed by atoms with Crippen molar-refractivity contribution in [2.45, 2.75) is 0 Å². The largest absolute Gasteiger partial charge is 0.342 e. The van der Waals surface area contributed by atoms with E-state index >= 15 is 0 Å². The van der Waals surface area contributed by atoms with Crippen molar-refractivity contribution >= 4 is 19.5 Å². The summed E-state index contributed by atoms with van der Waals surface area (Å²) in [6, 6.07) is 7.73. The fraction of sp³-hybridized carbons (Fsp3) is 0.400. The summed E-state index contributed by atoms with van der Waals surface area (Å²) >= 11 is 0. The number of para-hydroxylation sites is 1. The average molecular weight is 253 g/mol. The fourth-order valence-electron chi connectivity index (χ4n) is 1.48. The quantitative estimate of drug-likeness (QED) is 0.766. The summed E-state index contributed by atoms with van der Waals surface area (Å²) < 4.78 is 9.89. The minimum atomic E-state index is -0.875. The lowest BCUT2D eigenvalue weighted by atomic mass is 10.3. The third kappa shape index (κ3) is 2.54. The van der Waals surface area contributed by atoms with Crippen molar-refractivity contribution in [1.82, 2.24) is 24.5 Å². The van der Waals surface area contributed by atoms with Crippen LogP contribution in [-0.2, 0) is 0 Å². The van der Waals surface area contributed by atoms with Gasteiger partial charge >= 0.3 is 0 Å². The molecule has 0 bridgehead atoms. The summed E-state index contributed by atoms with van der Waals surface area (Å²) in [5.74, 6) is 0. The van der Waals surface area contributed by atoms with Crippen molar-refractivity contribution in [1.29, 1.82) is 0 Å². The SMILES string of the molecule is CN(C)P(On1nnc2ccccc21)N(C)C. The number of hydrogen-bond donors (Lipinski definition) is 0. The number of fused-ring (bicyclic) bond motifs is 1. The summed E-state index contributed by atoms with van der Waals surface area (Å²) in [6.45, 7) is 0. The zero-order valence-corrected chi connectivity index (χ0v) is 11.3. The number of rotatable bonds is 4. The van der Waals surface area contributed by atoms with Crippen LogP contribution in [0.5, 0.6) is 0 Å². The van der Waals surface area contributed by atoms with Crippen molar-refractivity contribution in [2.75, 3.05) is 28.2 Å². The zero-order valence-electron chi connectivity index (χ0n) is 10.4. The van der Waals surface area contributed by atoms with Crippen molar-refractivity contribution in [2.24, 2.45) is 0 Å². The van der Waals surface area contributed by atoms with Crippen molar-refractivity contribution in [3.05, 3.63) is 24.3 Å². The summed E-state index contributed by atoms with van der Waals surface area (Å²) in [5.41, 5.74) is 1.71. The lowest BCUT2D eigenvalue weighted by molar-refractivity contribution is 0.230. The first-order chi connectivity index (χ1) is 8.09. The first-order valence-corrected chi connectivity index (χ1v) is 6.39. The summed E-state index contributed by atoms with van der Waals surface area (Å²) in [5, 5.41) is 8.06. The van der Waals surface area contributed by atoms with Gasteiger partial charge in [0.2, 0.25) is 0 Å². The summed E-state index contributed by atoms with van der Waals surface area (Å²) in [6.07, 6.45) is 0. The van der Waals surface area contributed by atoms with E-state index in [9.17, 15) is 0 Å². The number of benzene rings is 1. The molecule has 0 atom stereocenters. The van der Waals surface area contributed by atoms with E-state index in [2.05, 4.69) is 10.3 Å². The fourth-order valence-corrected chi connectivity index (χ4v) is 2.75. The van der Waals surface area contributed by atoms with Crippen LogP contribution in [0.3, 0.4) is 0 Å². The van der Waals surface area contributed by atoms with Gasteiger partial charge in [0.1, 0.15) is 11.0 Å². The molecule has 0 fully saturated rings. The van der Waals surface area contributed by atoms with E-state index in [1.54, 1.807) is 0 Å². The molecule has 0 spiro atoms. The molecule has 0 aliphatic carbocycles. The monoisotopic (exact) mass is 253 g/mol. The smallest absolute Gasteiger partial charge is 0.277 e. The highest BCUT2D eigenvalue weighted by atomic mass is 31.2. The van der Waals surface area contributed by atoms with Crippen LogP contribution in [-0.4, -0.2) is 52.7 Å². The average Bonchev–Trinajstić information content (AvgIpc) is 2.68. The molecule has 0 saturated heterocycles. The normalized spacial score (nSPS) is 11.9. The van der Waals surface area contributed by atoms with Crippen LogP contribution in [0.4, 0.5) is 0 Å². The Balaban J connectivity index is 2.28. The van der Waals surface area contributed by atoms with Gasteiger partial charge in [-0.1, -0.05) is 17.0 Å². The Bertz CT molecular complexity index is 490. The molecule has 2 aromatic rings. The lowest BCUT2D eigenvalue weighted by Crippen LogP contribution is -2.25. The Morgan fingerprint density at radius 1 is 1.12 bits per heavy atom. The second-order valence-electron chi connectivity index (χ2n) is 3.98. The molecule has 0 aliphatic heterocycles. The third-order valence-electron chi connectivity index (χ3n) is 2.16. The van der Waals surface area contributed by atoms with Crippen LogP contribution in [0.2, 0.25) is 0 Å². The molecule has 1 aromatic heterocycles. The molecular weight excluding hydrogens is 237 g/mol. The Labute approximate surface area is 102 Å². The van der Waals surface area contributed by atoms with Crippen LogP contribution in [0.25, 0.3) is 11.0 Å². The van der Waals surface area contributed by atoms with Gasteiger partial charge < -0.3 is 4.62 Å². The van der Waals surface area contributed by atoms with Gasteiger partial charge in [0.25, 0.3) is 8.45 Å². The molecule has 1 heterocycles. The third-order valence-corrected chi connectivity index (χ3v) is 3.83. The van der Waals surface area contributed by atoms with E-state index < -0.39 is 8.45 Å². The zero-order chi connectivity index (χ0) is 12.4. The molecular formula is C10H16N5OP. The van der Waals surface area contributed by atoms with Gasteiger partial charge in [-0.15, -0.1) is 5.10 Å². The molecule has 92 valence electrons. The summed E-state index contributed by atoms with van der Waals surface area (Å²) in [4.78, 5) is 1.49. The first kappa shape index (κ1) is 12.2. The maximum Gasteiger partial charge on any atom is 0.277 e. The molecule has 0 amide bonds. The van der Waals surface area contributed by atoms with E-state index in [-0.39, 0.29) is 0 Å². The highest BCUT2D eigenvalue weighted by Gasteiger charge is 2.19. The Hall–Kier alpha value is -1.23. The Morgan fingerprint density at radius 3 is 2.41 bits per heavy atom.